The summed E-state index contributed by atoms with van der Waals surface area (Å²) in [4.78, 5) is 13.1. The zero-order valence-corrected chi connectivity index (χ0v) is 11.6. The summed E-state index contributed by atoms with van der Waals surface area (Å²) in [6, 6.07) is 10.7. The smallest absolute Gasteiger partial charge is 0.273 e. The lowest BCUT2D eigenvalue weighted by molar-refractivity contribution is 0.0820. The van der Waals surface area contributed by atoms with Crippen LogP contribution < -0.4 is 10.1 Å². The van der Waals surface area contributed by atoms with Gasteiger partial charge in [0.25, 0.3) is 5.91 Å². The van der Waals surface area contributed by atoms with E-state index in [1.165, 1.54) is 4.90 Å². The van der Waals surface area contributed by atoms with Crippen molar-refractivity contribution in [3.8, 4) is 11.6 Å². The average molecular weight is 272 g/mol. The zero-order valence-electron chi connectivity index (χ0n) is 11.6. The van der Waals surface area contributed by atoms with Gasteiger partial charge in [0.1, 0.15) is 5.75 Å². The molecule has 1 aromatic carbocycles. The molecule has 0 fully saturated rings. The van der Waals surface area contributed by atoms with Gasteiger partial charge in [-0.25, -0.2) is 0 Å². The molecule has 1 N–H and O–H groups in total. The van der Waals surface area contributed by atoms with Crippen LogP contribution in [-0.2, 0) is 0 Å². The third kappa shape index (κ3) is 3.23. The van der Waals surface area contributed by atoms with Gasteiger partial charge in [-0.3, -0.25) is 4.79 Å². The second-order valence-corrected chi connectivity index (χ2v) is 4.33. The van der Waals surface area contributed by atoms with Crippen LogP contribution in [0, 0.1) is 0 Å². The topological polar surface area (TPSA) is 67.3 Å². The first-order chi connectivity index (χ1) is 9.60. The van der Waals surface area contributed by atoms with Gasteiger partial charge in [-0.15, -0.1) is 10.2 Å². The number of nitrogens with one attached hydrogen (secondary N) is 1. The fourth-order valence-electron chi connectivity index (χ4n) is 1.53. The van der Waals surface area contributed by atoms with Crippen molar-refractivity contribution in [2.45, 2.75) is 0 Å². The van der Waals surface area contributed by atoms with Gasteiger partial charge in [0.05, 0.1) is 0 Å². The number of rotatable bonds is 4. The molecule has 104 valence electrons. The number of carbonyl (C=O) groups is 1. The Bertz CT molecular complexity index is 579. The molecule has 0 aliphatic heterocycles. The number of hydrogen-bond acceptors (Lipinski definition) is 5. The van der Waals surface area contributed by atoms with Crippen molar-refractivity contribution >= 4 is 11.6 Å². The maximum absolute atomic E-state index is 11.7. The van der Waals surface area contributed by atoms with Crippen LogP contribution in [0.4, 0.5) is 5.69 Å². The number of hydrogen-bond donors (Lipinski definition) is 1. The minimum atomic E-state index is -0.192. The molecule has 0 bridgehead atoms. The zero-order chi connectivity index (χ0) is 14.5. The van der Waals surface area contributed by atoms with Crippen LogP contribution in [0.15, 0.2) is 36.4 Å². The summed E-state index contributed by atoms with van der Waals surface area (Å²) in [5.41, 5.74) is 1.28. The Morgan fingerprint density at radius 1 is 1.10 bits per heavy atom. The van der Waals surface area contributed by atoms with E-state index < -0.39 is 0 Å². The summed E-state index contributed by atoms with van der Waals surface area (Å²) in [6.07, 6.45) is 0. The first kappa shape index (κ1) is 13.8. The second-order valence-electron chi connectivity index (χ2n) is 4.33. The molecule has 0 saturated carbocycles. The van der Waals surface area contributed by atoms with E-state index in [0.717, 1.165) is 5.69 Å². The number of anilines is 1. The Hall–Kier alpha value is -2.63. The third-order valence-corrected chi connectivity index (χ3v) is 2.63. The predicted octanol–water partition coefficient (Wildman–Crippen LogP) is 2.01. The Kier molecular flexibility index (Phi) is 4.14. The first-order valence-electron chi connectivity index (χ1n) is 6.11. The van der Waals surface area contributed by atoms with Crippen LogP contribution in [0.1, 0.15) is 10.5 Å². The lowest BCUT2D eigenvalue weighted by Crippen LogP contribution is -2.23. The largest absolute Gasteiger partial charge is 0.438 e. The predicted molar refractivity (Wildman–Crippen MR) is 76.1 cm³/mol. The van der Waals surface area contributed by atoms with E-state index >= 15 is 0 Å². The molecule has 0 unspecified atom stereocenters. The fourth-order valence-corrected chi connectivity index (χ4v) is 1.53. The second kappa shape index (κ2) is 6.01. The molecule has 2 aromatic rings. The summed E-state index contributed by atoms with van der Waals surface area (Å²) in [5.74, 6) is 0.810. The van der Waals surface area contributed by atoms with Crippen LogP contribution in [0.5, 0.6) is 11.6 Å². The highest BCUT2D eigenvalue weighted by atomic mass is 16.5. The summed E-state index contributed by atoms with van der Waals surface area (Å²) < 4.78 is 5.55. The van der Waals surface area contributed by atoms with Crippen LogP contribution >= 0.6 is 0 Å². The molecule has 6 nitrogen and oxygen atoms in total. The number of carbonyl (C=O) groups excluding carboxylic acids is 1. The Balaban J connectivity index is 2.08. The molecule has 0 aliphatic carbocycles. The van der Waals surface area contributed by atoms with Gasteiger partial charge in [0, 0.05) is 32.9 Å². The quantitative estimate of drug-likeness (QED) is 0.922. The maximum Gasteiger partial charge on any atom is 0.273 e. The van der Waals surface area contributed by atoms with Crippen LogP contribution in [0.25, 0.3) is 0 Å². The summed E-state index contributed by atoms with van der Waals surface area (Å²) in [6.45, 7) is 0. The molecule has 1 amide bonds. The molecular weight excluding hydrogens is 256 g/mol. The molecular formula is C14H16N4O2. The standard InChI is InChI=1S/C14H16N4O2/c1-15-10-4-6-11(7-5-10)20-13-9-8-12(16-17-13)14(19)18(2)3/h4-9,15H,1-3H3. The van der Waals surface area contributed by atoms with Crippen LogP contribution in [-0.4, -0.2) is 42.1 Å². The molecule has 6 heteroatoms. The van der Waals surface area contributed by atoms with Crippen LogP contribution in [0.3, 0.4) is 0 Å². The van der Waals surface area contributed by atoms with E-state index in [2.05, 4.69) is 15.5 Å². The number of amides is 1. The summed E-state index contributed by atoms with van der Waals surface area (Å²) in [5, 5.41) is 10.8. The Labute approximate surface area is 117 Å². The molecule has 0 radical (unpaired) electrons. The van der Waals surface area contributed by atoms with E-state index in [0.29, 0.717) is 11.6 Å². The van der Waals surface area contributed by atoms with Crippen molar-refractivity contribution < 1.29 is 9.53 Å². The van der Waals surface area contributed by atoms with Gasteiger partial charge in [-0.1, -0.05) is 0 Å². The lowest BCUT2D eigenvalue weighted by atomic mass is 10.3. The van der Waals surface area contributed by atoms with E-state index in [4.69, 9.17) is 4.74 Å². The van der Waals surface area contributed by atoms with E-state index in [9.17, 15) is 4.79 Å². The molecule has 0 spiro atoms. The fraction of sp³-hybridized carbons (Fsp3) is 0.214. The minimum Gasteiger partial charge on any atom is -0.438 e. The Morgan fingerprint density at radius 3 is 2.30 bits per heavy atom. The van der Waals surface area contributed by atoms with E-state index in [1.54, 1.807) is 26.2 Å². The highest BCUT2D eigenvalue weighted by Gasteiger charge is 2.10. The normalized spacial score (nSPS) is 9.95. The van der Waals surface area contributed by atoms with Gasteiger partial charge in [-0.2, -0.15) is 0 Å². The number of benzene rings is 1. The first-order valence-corrected chi connectivity index (χ1v) is 6.11. The lowest BCUT2D eigenvalue weighted by Gasteiger charge is -2.09. The van der Waals surface area contributed by atoms with Crippen LogP contribution in [0.2, 0.25) is 0 Å². The molecule has 0 saturated heterocycles. The van der Waals surface area contributed by atoms with Gasteiger partial charge >= 0.3 is 0 Å². The van der Waals surface area contributed by atoms with Crippen molar-refractivity contribution in [2.75, 3.05) is 26.5 Å². The molecule has 1 heterocycles. The molecule has 1 aromatic heterocycles. The van der Waals surface area contributed by atoms with Gasteiger partial charge in [0.15, 0.2) is 5.69 Å². The Morgan fingerprint density at radius 2 is 1.80 bits per heavy atom. The van der Waals surface area contributed by atoms with Crippen molar-refractivity contribution in [3.05, 3.63) is 42.1 Å². The molecule has 0 aliphatic rings. The monoisotopic (exact) mass is 272 g/mol. The van der Waals surface area contributed by atoms with Crippen molar-refractivity contribution in [2.24, 2.45) is 0 Å². The SMILES string of the molecule is CNc1ccc(Oc2ccc(C(=O)N(C)C)nn2)cc1. The number of nitrogens with zero attached hydrogens (tertiary/aromatic N) is 3. The highest BCUT2D eigenvalue weighted by Crippen LogP contribution is 2.20. The van der Waals surface area contributed by atoms with Crippen molar-refractivity contribution in [1.82, 2.24) is 15.1 Å². The minimum absolute atomic E-state index is 0.192. The van der Waals surface area contributed by atoms with Crippen molar-refractivity contribution in [1.29, 1.82) is 0 Å². The third-order valence-electron chi connectivity index (χ3n) is 2.63. The molecule has 0 atom stereocenters. The maximum atomic E-state index is 11.7. The van der Waals surface area contributed by atoms with Gasteiger partial charge < -0.3 is 15.0 Å². The summed E-state index contributed by atoms with van der Waals surface area (Å²) >= 11 is 0. The van der Waals surface area contributed by atoms with Gasteiger partial charge in [-0.05, 0) is 30.3 Å². The molecule has 2 rings (SSSR count). The van der Waals surface area contributed by atoms with Gasteiger partial charge in [0.2, 0.25) is 5.88 Å². The number of aromatic nitrogens is 2. The van der Waals surface area contributed by atoms with Crippen molar-refractivity contribution in [3.63, 3.8) is 0 Å². The summed E-state index contributed by atoms with van der Waals surface area (Å²) in [7, 11) is 5.18. The molecule has 20 heavy (non-hydrogen) atoms. The average Bonchev–Trinajstić information content (AvgIpc) is 2.48. The van der Waals surface area contributed by atoms with E-state index in [1.807, 2.05) is 31.3 Å². The van der Waals surface area contributed by atoms with E-state index in [-0.39, 0.29) is 11.6 Å². The number of ether oxygens (including phenoxy) is 1. The highest BCUT2D eigenvalue weighted by molar-refractivity contribution is 5.91.